The number of nitrogens with zero attached hydrogens (tertiary/aromatic N) is 3. The maximum absolute atomic E-state index is 13.3. The van der Waals surface area contributed by atoms with Crippen LogP contribution in [0.15, 0.2) is 54.1 Å². The molecule has 1 amide bonds. The summed E-state index contributed by atoms with van der Waals surface area (Å²) < 4.78 is 46.8. The van der Waals surface area contributed by atoms with Gasteiger partial charge in [0.2, 0.25) is 0 Å². The monoisotopic (exact) mass is 528 g/mol. The van der Waals surface area contributed by atoms with Crippen LogP contribution in [0.3, 0.4) is 0 Å². The Hall–Kier alpha value is -3.74. The maximum atomic E-state index is 13.3. The normalized spacial score (nSPS) is 14.4. The van der Waals surface area contributed by atoms with Crippen molar-refractivity contribution in [1.29, 1.82) is 5.26 Å². The molecule has 10 heteroatoms. The minimum atomic E-state index is -4.52. The second-order valence-corrected chi connectivity index (χ2v) is 9.00. The number of aryl methyl sites for hydroxylation is 1. The second-order valence-electron chi connectivity index (χ2n) is 8.60. The summed E-state index contributed by atoms with van der Waals surface area (Å²) in [5.41, 5.74) is 2.38. The number of hydrogen-bond donors (Lipinski definition) is 1. The Balaban J connectivity index is 1.58. The minimum Gasteiger partial charge on any atom is -0.378 e. The van der Waals surface area contributed by atoms with E-state index in [-0.39, 0.29) is 16.3 Å². The first-order valence-corrected chi connectivity index (χ1v) is 11.9. The largest absolute Gasteiger partial charge is 0.416 e. The molecule has 192 valence electrons. The van der Waals surface area contributed by atoms with E-state index in [1.165, 1.54) is 12.1 Å². The van der Waals surface area contributed by atoms with Crippen molar-refractivity contribution < 1.29 is 22.7 Å². The Morgan fingerprint density at radius 2 is 1.78 bits per heavy atom. The van der Waals surface area contributed by atoms with Crippen molar-refractivity contribution in [1.82, 2.24) is 4.57 Å². The number of aromatic nitrogens is 1. The average molecular weight is 529 g/mol. The third-order valence-electron chi connectivity index (χ3n) is 6.15. The van der Waals surface area contributed by atoms with Crippen molar-refractivity contribution in [3.63, 3.8) is 0 Å². The zero-order valence-corrected chi connectivity index (χ0v) is 21.0. The molecule has 0 radical (unpaired) electrons. The molecule has 2 aromatic carbocycles. The van der Waals surface area contributed by atoms with Crippen molar-refractivity contribution in [3.05, 3.63) is 81.6 Å². The molecule has 0 atom stereocenters. The molecule has 1 aromatic heterocycles. The summed E-state index contributed by atoms with van der Waals surface area (Å²) >= 11 is 6.24. The first kappa shape index (κ1) is 26.3. The van der Waals surface area contributed by atoms with Crippen molar-refractivity contribution in [2.75, 3.05) is 36.5 Å². The Morgan fingerprint density at radius 1 is 1.11 bits per heavy atom. The minimum absolute atomic E-state index is 0.143. The number of carbonyl (C=O) groups excluding carboxylic acids is 1. The Bertz CT molecular complexity index is 1380. The van der Waals surface area contributed by atoms with Crippen LogP contribution >= 0.6 is 11.6 Å². The molecule has 3 aromatic rings. The summed E-state index contributed by atoms with van der Waals surface area (Å²) in [5.74, 6) is -0.594. The van der Waals surface area contributed by atoms with Crippen molar-refractivity contribution in [2.45, 2.75) is 20.0 Å². The van der Waals surface area contributed by atoms with Gasteiger partial charge in [-0.2, -0.15) is 18.4 Å². The fourth-order valence-corrected chi connectivity index (χ4v) is 4.45. The van der Waals surface area contributed by atoms with Crippen LogP contribution in [-0.4, -0.2) is 36.8 Å². The molecular weight excluding hydrogens is 505 g/mol. The molecular formula is C27H24ClF3N4O2. The number of anilines is 2. The highest BCUT2D eigenvalue weighted by Crippen LogP contribution is 2.35. The van der Waals surface area contributed by atoms with E-state index in [1.54, 1.807) is 36.6 Å². The standard InChI is InChI=1S/C27H24ClF3N4O2/c1-17-13-19(18(2)35(17)25-15-21(27(29,30)31)3-8-24(25)28)14-20(16-32)26(36)33-22-4-6-23(7-5-22)34-9-11-37-12-10-34/h3-8,13-15H,9-12H2,1-2H3,(H,33,36). The lowest BCUT2D eigenvalue weighted by molar-refractivity contribution is -0.137. The van der Waals surface area contributed by atoms with Gasteiger partial charge in [-0.05, 0) is 74.0 Å². The number of nitriles is 1. The summed E-state index contributed by atoms with van der Waals surface area (Å²) in [7, 11) is 0. The van der Waals surface area contributed by atoms with Gasteiger partial charge < -0.3 is 19.5 Å². The van der Waals surface area contributed by atoms with E-state index in [0.717, 1.165) is 30.9 Å². The van der Waals surface area contributed by atoms with Gasteiger partial charge in [0, 0.05) is 35.9 Å². The number of ether oxygens (including phenoxy) is 1. The maximum Gasteiger partial charge on any atom is 0.416 e. The summed E-state index contributed by atoms with van der Waals surface area (Å²) in [6.07, 6.45) is -3.11. The number of rotatable bonds is 5. The molecule has 0 spiro atoms. The number of morpholine rings is 1. The van der Waals surface area contributed by atoms with E-state index in [4.69, 9.17) is 16.3 Å². The molecule has 2 heterocycles. The van der Waals surface area contributed by atoms with Gasteiger partial charge in [0.15, 0.2) is 0 Å². The van der Waals surface area contributed by atoms with Gasteiger partial charge in [-0.15, -0.1) is 0 Å². The first-order chi connectivity index (χ1) is 17.6. The lowest BCUT2D eigenvalue weighted by atomic mass is 10.1. The van der Waals surface area contributed by atoms with E-state index in [0.29, 0.717) is 35.9 Å². The molecule has 1 aliphatic rings. The van der Waals surface area contributed by atoms with Crippen LogP contribution < -0.4 is 10.2 Å². The number of alkyl halides is 3. The molecule has 37 heavy (non-hydrogen) atoms. The molecule has 1 saturated heterocycles. The fraction of sp³-hybridized carbons (Fsp3) is 0.259. The van der Waals surface area contributed by atoms with Gasteiger partial charge in [0.1, 0.15) is 11.6 Å². The van der Waals surface area contributed by atoms with Crippen LogP contribution in [0.2, 0.25) is 5.02 Å². The molecule has 0 saturated carbocycles. The SMILES string of the molecule is Cc1cc(C=C(C#N)C(=O)Nc2ccc(N3CCOCC3)cc2)c(C)n1-c1cc(C(F)(F)F)ccc1Cl. The van der Waals surface area contributed by atoms with E-state index in [2.05, 4.69) is 10.2 Å². The quantitative estimate of drug-likeness (QED) is 0.318. The summed E-state index contributed by atoms with van der Waals surface area (Å²) in [6.45, 7) is 6.30. The fourth-order valence-electron chi connectivity index (χ4n) is 4.24. The van der Waals surface area contributed by atoms with E-state index in [1.807, 2.05) is 18.2 Å². The van der Waals surface area contributed by atoms with Crippen LogP contribution in [-0.2, 0) is 15.7 Å². The number of hydrogen-bond acceptors (Lipinski definition) is 4. The van der Waals surface area contributed by atoms with E-state index < -0.39 is 17.6 Å². The smallest absolute Gasteiger partial charge is 0.378 e. The van der Waals surface area contributed by atoms with Crippen LogP contribution in [0, 0.1) is 25.2 Å². The molecule has 0 unspecified atom stereocenters. The Morgan fingerprint density at radius 3 is 2.41 bits per heavy atom. The highest BCUT2D eigenvalue weighted by atomic mass is 35.5. The average Bonchev–Trinajstić information content (AvgIpc) is 3.15. The zero-order chi connectivity index (χ0) is 26.7. The zero-order valence-electron chi connectivity index (χ0n) is 20.2. The van der Waals surface area contributed by atoms with Crippen LogP contribution in [0.5, 0.6) is 0 Å². The van der Waals surface area contributed by atoms with Crippen molar-refractivity contribution in [2.24, 2.45) is 0 Å². The number of halogens is 4. The predicted molar refractivity (Wildman–Crippen MR) is 137 cm³/mol. The number of benzene rings is 2. The summed E-state index contributed by atoms with van der Waals surface area (Å²) in [6, 6.07) is 14.0. The Labute approximate surface area is 217 Å². The van der Waals surface area contributed by atoms with Crippen molar-refractivity contribution in [3.8, 4) is 11.8 Å². The van der Waals surface area contributed by atoms with Gasteiger partial charge in [-0.25, -0.2) is 0 Å². The predicted octanol–water partition coefficient (Wildman–Crippen LogP) is 6.15. The van der Waals surface area contributed by atoms with Crippen molar-refractivity contribution >= 4 is 35.0 Å². The number of nitrogens with one attached hydrogen (secondary N) is 1. The highest BCUT2D eigenvalue weighted by molar-refractivity contribution is 6.32. The van der Waals surface area contributed by atoms with Gasteiger partial charge in [0.05, 0.1) is 29.5 Å². The molecule has 0 bridgehead atoms. The molecule has 4 rings (SSSR count). The third kappa shape index (κ3) is 5.82. The van der Waals surface area contributed by atoms with Gasteiger partial charge >= 0.3 is 6.18 Å². The topological polar surface area (TPSA) is 70.3 Å². The summed E-state index contributed by atoms with van der Waals surface area (Å²) in [5, 5.41) is 12.5. The van der Waals surface area contributed by atoms with Crippen LogP contribution in [0.1, 0.15) is 22.5 Å². The lowest BCUT2D eigenvalue weighted by Gasteiger charge is -2.28. The second kappa shape index (κ2) is 10.7. The molecule has 1 aliphatic heterocycles. The van der Waals surface area contributed by atoms with Crippen LogP contribution in [0.25, 0.3) is 11.8 Å². The van der Waals surface area contributed by atoms with E-state index in [9.17, 15) is 23.2 Å². The first-order valence-electron chi connectivity index (χ1n) is 11.5. The van der Waals surface area contributed by atoms with E-state index >= 15 is 0 Å². The van der Waals surface area contributed by atoms with Gasteiger partial charge in [0.25, 0.3) is 5.91 Å². The highest BCUT2D eigenvalue weighted by Gasteiger charge is 2.31. The van der Waals surface area contributed by atoms with Gasteiger partial charge in [-0.1, -0.05) is 11.6 Å². The van der Waals surface area contributed by atoms with Gasteiger partial charge in [-0.3, -0.25) is 4.79 Å². The molecule has 1 fully saturated rings. The summed E-state index contributed by atoms with van der Waals surface area (Å²) in [4.78, 5) is 15.0. The molecule has 1 N–H and O–H groups in total. The number of carbonyl (C=O) groups is 1. The number of amides is 1. The molecule has 6 nitrogen and oxygen atoms in total. The Kier molecular flexibility index (Phi) is 7.62. The third-order valence-corrected chi connectivity index (χ3v) is 6.47. The lowest BCUT2D eigenvalue weighted by Crippen LogP contribution is -2.36. The molecule has 0 aliphatic carbocycles. The van der Waals surface area contributed by atoms with Crippen LogP contribution in [0.4, 0.5) is 24.5 Å².